The largest absolute Gasteiger partial charge is 0.372 e. The van der Waals surface area contributed by atoms with Crippen LogP contribution in [0.1, 0.15) is 22.8 Å². The molecule has 0 saturated carbocycles. The topological polar surface area (TPSA) is 29.1 Å². The third-order valence-corrected chi connectivity index (χ3v) is 4.55. The Morgan fingerprint density at radius 3 is 2.70 bits per heavy atom. The number of nitrogens with one attached hydrogen (secondary N) is 1. The van der Waals surface area contributed by atoms with Crippen LogP contribution in [0.3, 0.4) is 0 Å². The van der Waals surface area contributed by atoms with Gasteiger partial charge in [-0.25, -0.2) is 4.39 Å². The van der Waals surface area contributed by atoms with Crippen molar-refractivity contribution < 1.29 is 9.18 Å². The van der Waals surface area contributed by atoms with Gasteiger partial charge in [0.25, 0.3) is 0 Å². The Balaban J connectivity index is 1.96. The maximum atomic E-state index is 13.6. The number of para-hydroxylation sites is 1. The summed E-state index contributed by atoms with van der Waals surface area (Å²) in [7, 11) is 0. The smallest absolute Gasteiger partial charge is 0.190 e. The summed E-state index contributed by atoms with van der Waals surface area (Å²) in [5, 5.41) is 3.26. The van der Waals surface area contributed by atoms with Crippen LogP contribution >= 0.6 is 15.9 Å². The van der Waals surface area contributed by atoms with Crippen LogP contribution < -0.4 is 5.32 Å². The summed E-state index contributed by atoms with van der Waals surface area (Å²) in [5.74, 6) is -0.265. The molecule has 0 saturated heterocycles. The van der Waals surface area contributed by atoms with E-state index in [0.29, 0.717) is 16.5 Å². The highest BCUT2D eigenvalue weighted by Gasteiger charge is 2.41. The number of ketones is 1. The molecule has 0 aromatic heterocycles. The Labute approximate surface area is 125 Å². The van der Waals surface area contributed by atoms with Crippen LogP contribution in [0.25, 0.3) is 0 Å². The van der Waals surface area contributed by atoms with Crippen LogP contribution in [0.5, 0.6) is 0 Å². The summed E-state index contributed by atoms with van der Waals surface area (Å²) < 4.78 is 14.0. The SMILES string of the molecule is CC1(Cc2cccc(F)c2Br)Nc2ccccc2C1=O. The van der Waals surface area contributed by atoms with Crippen LogP contribution in [-0.2, 0) is 6.42 Å². The average Bonchev–Trinajstić information content (AvgIpc) is 2.68. The van der Waals surface area contributed by atoms with E-state index in [1.807, 2.05) is 37.3 Å². The molecule has 1 atom stereocenters. The molecule has 4 heteroatoms. The molecule has 0 amide bonds. The number of hydrogen-bond donors (Lipinski definition) is 1. The highest BCUT2D eigenvalue weighted by Crippen LogP contribution is 2.35. The molecule has 2 aromatic carbocycles. The summed E-state index contributed by atoms with van der Waals surface area (Å²) in [6.07, 6.45) is 0.429. The molecule has 0 radical (unpaired) electrons. The third-order valence-electron chi connectivity index (χ3n) is 3.66. The first-order valence-electron chi connectivity index (χ1n) is 6.36. The predicted molar refractivity (Wildman–Crippen MR) is 80.6 cm³/mol. The zero-order valence-corrected chi connectivity index (χ0v) is 12.5. The van der Waals surface area contributed by atoms with Crippen LogP contribution in [0.4, 0.5) is 10.1 Å². The molecule has 2 aromatic rings. The molecule has 20 heavy (non-hydrogen) atoms. The van der Waals surface area contributed by atoms with Crippen molar-refractivity contribution in [2.24, 2.45) is 0 Å². The van der Waals surface area contributed by atoms with E-state index >= 15 is 0 Å². The zero-order valence-electron chi connectivity index (χ0n) is 10.9. The predicted octanol–water partition coefficient (Wildman–Crippen LogP) is 4.20. The molecule has 102 valence electrons. The van der Waals surface area contributed by atoms with E-state index in [-0.39, 0.29) is 11.6 Å². The van der Waals surface area contributed by atoms with Gasteiger partial charge in [0.1, 0.15) is 11.4 Å². The number of carbonyl (C=O) groups is 1. The number of Topliss-reactive ketones (excluding diaryl/α,β-unsaturated/α-hetero) is 1. The van der Waals surface area contributed by atoms with Gasteiger partial charge in [-0.1, -0.05) is 24.3 Å². The minimum absolute atomic E-state index is 0.0456. The lowest BCUT2D eigenvalue weighted by Gasteiger charge is -2.24. The van der Waals surface area contributed by atoms with Gasteiger partial charge >= 0.3 is 0 Å². The van der Waals surface area contributed by atoms with E-state index < -0.39 is 5.54 Å². The summed E-state index contributed by atoms with van der Waals surface area (Å²) >= 11 is 3.25. The molecular weight excluding hydrogens is 321 g/mol. The Bertz CT molecular complexity index is 701. The van der Waals surface area contributed by atoms with Crippen molar-refractivity contribution in [3.8, 4) is 0 Å². The number of anilines is 1. The molecule has 0 spiro atoms. The lowest BCUT2D eigenvalue weighted by atomic mass is 9.88. The second-order valence-corrected chi connectivity index (χ2v) is 6.01. The Hall–Kier alpha value is -1.68. The zero-order chi connectivity index (χ0) is 14.3. The molecule has 1 aliphatic rings. The summed E-state index contributed by atoms with van der Waals surface area (Å²) in [6, 6.07) is 12.3. The Morgan fingerprint density at radius 1 is 1.20 bits per heavy atom. The van der Waals surface area contributed by atoms with Crippen LogP contribution in [0.15, 0.2) is 46.9 Å². The van der Waals surface area contributed by atoms with Gasteiger partial charge in [0, 0.05) is 17.7 Å². The Kier molecular flexibility index (Phi) is 3.13. The van der Waals surface area contributed by atoms with Crippen molar-refractivity contribution in [1.82, 2.24) is 0 Å². The molecule has 3 rings (SSSR count). The van der Waals surface area contributed by atoms with E-state index in [0.717, 1.165) is 11.3 Å². The van der Waals surface area contributed by atoms with Gasteiger partial charge in [0.05, 0.1) is 4.47 Å². The monoisotopic (exact) mass is 333 g/mol. The first kappa shape index (κ1) is 13.3. The van der Waals surface area contributed by atoms with Gasteiger partial charge in [-0.15, -0.1) is 0 Å². The molecule has 2 nitrogen and oxygen atoms in total. The second-order valence-electron chi connectivity index (χ2n) is 5.22. The van der Waals surface area contributed by atoms with E-state index in [2.05, 4.69) is 21.2 Å². The summed E-state index contributed by atoms with van der Waals surface area (Å²) in [4.78, 5) is 12.5. The van der Waals surface area contributed by atoms with Crippen LogP contribution in [-0.4, -0.2) is 11.3 Å². The van der Waals surface area contributed by atoms with Gasteiger partial charge in [-0.05, 0) is 46.6 Å². The molecular formula is C16H13BrFNO. The molecule has 0 fully saturated rings. The molecule has 1 unspecified atom stereocenters. The van der Waals surface area contributed by atoms with Crippen molar-refractivity contribution >= 4 is 27.4 Å². The fourth-order valence-corrected chi connectivity index (χ4v) is 3.04. The van der Waals surface area contributed by atoms with Gasteiger partial charge in [0.2, 0.25) is 0 Å². The maximum absolute atomic E-state index is 13.6. The minimum atomic E-state index is -0.736. The molecule has 0 aliphatic carbocycles. The highest BCUT2D eigenvalue weighted by atomic mass is 79.9. The van der Waals surface area contributed by atoms with E-state index in [9.17, 15) is 9.18 Å². The first-order valence-corrected chi connectivity index (χ1v) is 7.15. The van der Waals surface area contributed by atoms with Gasteiger partial charge in [-0.3, -0.25) is 4.79 Å². The van der Waals surface area contributed by atoms with Gasteiger partial charge < -0.3 is 5.32 Å². The number of benzene rings is 2. The fourth-order valence-electron chi connectivity index (χ4n) is 2.63. The number of rotatable bonds is 2. The maximum Gasteiger partial charge on any atom is 0.190 e. The van der Waals surface area contributed by atoms with Crippen molar-refractivity contribution in [2.75, 3.05) is 5.32 Å². The Morgan fingerprint density at radius 2 is 1.95 bits per heavy atom. The van der Waals surface area contributed by atoms with Crippen molar-refractivity contribution in [2.45, 2.75) is 18.9 Å². The van der Waals surface area contributed by atoms with Crippen LogP contribution in [0, 0.1) is 5.82 Å². The minimum Gasteiger partial charge on any atom is -0.372 e. The van der Waals surface area contributed by atoms with Crippen molar-refractivity contribution in [3.05, 3.63) is 63.9 Å². The second kappa shape index (κ2) is 4.70. The van der Waals surface area contributed by atoms with E-state index in [4.69, 9.17) is 0 Å². The van der Waals surface area contributed by atoms with Gasteiger partial charge in [-0.2, -0.15) is 0 Å². The van der Waals surface area contributed by atoms with Crippen LogP contribution in [0.2, 0.25) is 0 Å². The average molecular weight is 334 g/mol. The number of fused-ring (bicyclic) bond motifs is 1. The van der Waals surface area contributed by atoms with E-state index in [1.54, 1.807) is 6.07 Å². The van der Waals surface area contributed by atoms with Gasteiger partial charge in [0.15, 0.2) is 5.78 Å². The molecule has 1 aliphatic heterocycles. The molecule has 1 heterocycles. The molecule has 0 bridgehead atoms. The summed E-state index contributed by atoms with van der Waals surface area (Å²) in [6.45, 7) is 1.85. The van der Waals surface area contributed by atoms with Crippen molar-refractivity contribution in [3.63, 3.8) is 0 Å². The number of carbonyl (C=O) groups excluding carboxylic acids is 1. The lowest BCUT2D eigenvalue weighted by molar-refractivity contribution is 0.0929. The number of halogens is 2. The van der Waals surface area contributed by atoms with Crippen molar-refractivity contribution in [1.29, 1.82) is 0 Å². The lowest BCUT2D eigenvalue weighted by Crippen LogP contribution is -2.40. The molecule has 1 N–H and O–H groups in total. The first-order chi connectivity index (χ1) is 9.51. The fraction of sp³-hybridized carbons (Fsp3) is 0.188. The third kappa shape index (κ3) is 2.04. The quantitative estimate of drug-likeness (QED) is 0.892. The highest BCUT2D eigenvalue weighted by molar-refractivity contribution is 9.10. The normalized spacial score (nSPS) is 20.6. The number of hydrogen-bond acceptors (Lipinski definition) is 2. The summed E-state index contributed by atoms with van der Waals surface area (Å²) in [5.41, 5.74) is 1.58. The van der Waals surface area contributed by atoms with E-state index in [1.165, 1.54) is 6.07 Å². The standard InChI is InChI=1S/C16H13BrFNO/c1-16(9-10-5-4-7-12(18)14(10)17)15(20)11-6-2-3-8-13(11)19-16/h2-8,19H,9H2,1H3.